The molecule has 0 heterocycles. The Morgan fingerprint density at radius 3 is 2.28 bits per heavy atom. The Morgan fingerprint density at radius 1 is 1.12 bits per heavy atom. The second kappa shape index (κ2) is 8.27. The summed E-state index contributed by atoms with van der Waals surface area (Å²) in [4.78, 5) is 35.2. The van der Waals surface area contributed by atoms with Crippen LogP contribution >= 0.6 is 0 Å². The Kier molecular flexibility index (Phi) is 6.67. The lowest BCUT2D eigenvalue weighted by Crippen LogP contribution is -2.34. The first-order valence-corrected chi connectivity index (χ1v) is 7.25. The number of carbonyl (C=O) groups excluding carboxylic acids is 3. The third-order valence-corrected chi connectivity index (χ3v) is 2.75. The van der Waals surface area contributed by atoms with Crippen molar-refractivity contribution >= 4 is 24.1 Å². The quantitative estimate of drug-likeness (QED) is 0.508. The molecule has 8 heteroatoms. The minimum atomic E-state index is -0.868. The SMILES string of the molecule is COC(=O)/C(=C\c1ccc(F)c(C(=O)OC)c1)NC(=O)OC(C)(C)C. The van der Waals surface area contributed by atoms with Gasteiger partial charge in [0.15, 0.2) is 0 Å². The molecule has 0 spiro atoms. The van der Waals surface area contributed by atoms with E-state index >= 15 is 0 Å². The molecule has 0 fully saturated rings. The summed E-state index contributed by atoms with van der Waals surface area (Å²) in [7, 11) is 2.26. The predicted octanol–water partition coefficient (Wildman–Crippen LogP) is 2.65. The Bertz CT molecular complexity index is 706. The predicted molar refractivity (Wildman–Crippen MR) is 87.1 cm³/mol. The highest BCUT2D eigenvalue weighted by Gasteiger charge is 2.20. The first kappa shape index (κ1) is 20.1. The monoisotopic (exact) mass is 353 g/mol. The number of benzene rings is 1. The molecular weight excluding hydrogens is 333 g/mol. The Balaban J connectivity index is 3.17. The fourth-order valence-corrected chi connectivity index (χ4v) is 1.74. The van der Waals surface area contributed by atoms with Gasteiger partial charge in [-0.1, -0.05) is 6.07 Å². The first-order chi connectivity index (χ1) is 11.6. The van der Waals surface area contributed by atoms with Gasteiger partial charge >= 0.3 is 18.0 Å². The summed E-state index contributed by atoms with van der Waals surface area (Å²) in [5.74, 6) is -2.48. The lowest BCUT2D eigenvalue weighted by molar-refractivity contribution is -0.136. The van der Waals surface area contributed by atoms with E-state index < -0.39 is 29.5 Å². The minimum Gasteiger partial charge on any atom is -0.465 e. The minimum absolute atomic E-state index is 0.237. The number of amides is 1. The van der Waals surface area contributed by atoms with Gasteiger partial charge in [0.1, 0.15) is 17.1 Å². The average molecular weight is 353 g/mol. The lowest BCUT2D eigenvalue weighted by Gasteiger charge is -2.20. The summed E-state index contributed by atoms with van der Waals surface area (Å²) >= 11 is 0. The fraction of sp³-hybridized carbons (Fsp3) is 0.353. The van der Waals surface area contributed by atoms with E-state index in [4.69, 9.17) is 4.74 Å². The van der Waals surface area contributed by atoms with Crippen LogP contribution in [0, 0.1) is 5.82 Å². The third-order valence-electron chi connectivity index (χ3n) is 2.75. The Labute approximate surface area is 144 Å². The molecule has 0 radical (unpaired) electrons. The van der Waals surface area contributed by atoms with Crippen LogP contribution in [0.5, 0.6) is 0 Å². The smallest absolute Gasteiger partial charge is 0.412 e. The van der Waals surface area contributed by atoms with Crippen molar-refractivity contribution in [3.63, 3.8) is 0 Å². The van der Waals surface area contributed by atoms with Crippen molar-refractivity contribution in [2.75, 3.05) is 14.2 Å². The van der Waals surface area contributed by atoms with Crippen LogP contribution in [0.25, 0.3) is 6.08 Å². The zero-order valence-corrected chi connectivity index (χ0v) is 14.6. The van der Waals surface area contributed by atoms with Crippen LogP contribution in [0.2, 0.25) is 0 Å². The first-order valence-electron chi connectivity index (χ1n) is 7.25. The fourth-order valence-electron chi connectivity index (χ4n) is 1.74. The number of hydrogen-bond donors (Lipinski definition) is 1. The van der Waals surface area contributed by atoms with E-state index in [0.29, 0.717) is 0 Å². The molecule has 25 heavy (non-hydrogen) atoms. The number of rotatable bonds is 4. The van der Waals surface area contributed by atoms with E-state index in [-0.39, 0.29) is 16.8 Å². The van der Waals surface area contributed by atoms with Crippen LogP contribution in [-0.4, -0.2) is 37.9 Å². The summed E-state index contributed by atoms with van der Waals surface area (Å²) < 4.78 is 27.8. The highest BCUT2D eigenvalue weighted by atomic mass is 19.1. The average Bonchev–Trinajstić information content (AvgIpc) is 2.52. The summed E-state index contributed by atoms with van der Waals surface area (Å²) in [6.07, 6.45) is 0.362. The molecule has 0 saturated carbocycles. The van der Waals surface area contributed by atoms with Crippen LogP contribution in [0.15, 0.2) is 23.9 Å². The van der Waals surface area contributed by atoms with Gasteiger partial charge in [-0.25, -0.2) is 18.8 Å². The molecule has 0 aliphatic carbocycles. The van der Waals surface area contributed by atoms with Crippen LogP contribution in [0.1, 0.15) is 36.7 Å². The maximum absolute atomic E-state index is 13.7. The summed E-state index contributed by atoms with van der Waals surface area (Å²) in [6.45, 7) is 4.99. The molecule has 0 aliphatic heterocycles. The molecule has 0 bridgehead atoms. The van der Waals surface area contributed by atoms with Crippen LogP contribution in [0.4, 0.5) is 9.18 Å². The zero-order valence-electron chi connectivity index (χ0n) is 14.6. The van der Waals surface area contributed by atoms with E-state index in [9.17, 15) is 18.8 Å². The van der Waals surface area contributed by atoms with Crippen molar-refractivity contribution < 1.29 is 33.0 Å². The highest BCUT2D eigenvalue weighted by Crippen LogP contribution is 2.15. The molecule has 0 aromatic heterocycles. The Hall–Kier alpha value is -2.90. The number of esters is 2. The molecule has 0 unspecified atom stereocenters. The molecule has 0 saturated heterocycles. The number of nitrogens with one attached hydrogen (secondary N) is 1. The maximum atomic E-state index is 13.7. The number of alkyl carbamates (subject to hydrolysis) is 1. The highest BCUT2D eigenvalue weighted by molar-refractivity contribution is 5.97. The molecule has 1 rings (SSSR count). The van der Waals surface area contributed by atoms with Gasteiger partial charge in [-0.3, -0.25) is 5.32 Å². The standard InChI is InChI=1S/C17H20FNO6/c1-17(2,3)25-16(22)19-13(15(21)24-5)9-10-6-7-12(18)11(8-10)14(20)23-4/h6-9H,1-5H3,(H,19,22)/b13-9+. The molecule has 1 amide bonds. The third kappa shape index (κ3) is 6.25. The van der Waals surface area contributed by atoms with Gasteiger partial charge in [-0.2, -0.15) is 0 Å². The summed E-state index contributed by atoms with van der Waals surface area (Å²) in [5.41, 5.74) is -1.03. The van der Waals surface area contributed by atoms with Gasteiger partial charge in [-0.05, 0) is 44.5 Å². The van der Waals surface area contributed by atoms with Crippen molar-refractivity contribution in [1.82, 2.24) is 5.32 Å². The van der Waals surface area contributed by atoms with Gasteiger partial charge in [0.05, 0.1) is 19.8 Å². The van der Waals surface area contributed by atoms with Crippen LogP contribution in [-0.2, 0) is 19.0 Å². The van der Waals surface area contributed by atoms with Gasteiger partial charge in [0.25, 0.3) is 0 Å². The van der Waals surface area contributed by atoms with Crippen molar-refractivity contribution in [2.45, 2.75) is 26.4 Å². The van der Waals surface area contributed by atoms with Crippen molar-refractivity contribution in [2.24, 2.45) is 0 Å². The van der Waals surface area contributed by atoms with E-state index in [1.807, 2.05) is 0 Å². The van der Waals surface area contributed by atoms with E-state index in [1.165, 1.54) is 18.2 Å². The van der Waals surface area contributed by atoms with Crippen molar-refractivity contribution in [3.8, 4) is 0 Å². The lowest BCUT2D eigenvalue weighted by atomic mass is 10.1. The summed E-state index contributed by atoms with van der Waals surface area (Å²) in [6, 6.07) is 3.54. The topological polar surface area (TPSA) is 90.9 Å². The number of methoxy groups -OCH3 is 2. The number of halogens is 1. The van der Waals surface area contributed by atoms with Gasteiger partial charge < -0.3 is 14.2 Å². The van der Waals surface area contributed by atoms with Crippen LogP contribution in [0.3, 0.4) is 0 Å². The van der Waals surface area contributed by atoms with Gasteiger partial charge in [0.2, 0.25) is 0 Å². The van der Waals surface area contributed by atoms with E-state index in [2.05, 4.69) is 14.8 Å². The number of ether oxygens (including phenoxy) is 3. The van der Waals surface area contributed by atoms with E-state index in [1.54, 1.807) is 20.8 Å². The van der Waals surface area contributed by atoms with Gasteiger partial charge in [-0.15, -0.1) is 0 Å². The summed E-state index contributed by atoms with van der Waals surface area (Å²) in [5, 5.41) is 2.27. The molecule has 0 aliphatic rings. The second-order valence-corrected chi connectivity index (χ2v) is 5.91. The normalized spacial score (nSPS) is 11.5. The van der Waals surface area contributed by atoms with Crippen LogP contribution < -0.4 is 5.32 Å². The molecule has 7 nitrogen and oxygen atoms in total. The molecule has 1 N–H and O–H groups in total. The van der Waals surface area contributed by atoms with Crippen molar-refractivity contribution in [3.05, 3.63) is 40.8 Å². The zero-order chi connectivity index (χ0) is 19.2. The molecule has 136 valence electrons. The molecule has 1 aromatic rings. The molecule has 1 aromatic carbocycles. The number of carbonyl (C=O) groups is 3. The van der Waals surface area contributed by atoms with Crippen molar-refractivity contribution in [1.29, 1.82) is 0 Å². The molecule has 0 atom stereocenters. The Morgan fingerprint density at radius 2 is 1.76 bits per heavy atom. The second-order valence-electron chi connectivity index (χ2n) is 5.91. The number of hydrogen-bond acceptors (Lipinski definition) is 6. The molecular formula is C17H20FNO6. The largest absolute Gasteiger partial charge is 0.465 e. The maximum Gasteiger partial charge on any atom is 0.412 e. The van der Waals surface area contributed by atoms with Gasteiger partial charge in [0, 0.05) is 0 Å². The van der Waals surface area contributed by atoms with E-state index in [0.717, 1.165) is 20.3 Å².